The molecule has 0 bridgehead atoms. The van der Waals surface area contributed by atoms with E-state index in [1.807, 2.05) is 30.3 Å². The summed E-state index contributed by atoms with van der Waals surface area (Å²) in [5.41, 5.74) is 0.405. The van der Waals surface area contributed by atoms with Gasteiger partial charge < -0.3 is 19.8 Å². The summed E-state index contributed by atoms with van der Waals surface area (Å²) in [4.78, 5) is 34.3. The van der Waals surface area contributed by atoms with Crippen molar-refractivity contribution in [2.75, 3.05) is 0 Å². The van der Waals surface area contributed by atoms with E-state index >= 15 is 0 Å². The van der Waals surface area contributed by atoms with Crippen LogP contribution < -0.4 is 10.8 Å². The quantitative estimate of drug-likeness (QED) is 0.719. The second kappa shape index (κ2) is 7.35. The molecule has 0 aliphatic rings. The molecule has 7 nitrogen and oxygen atoms in total. The molecule has 1 aromatic carbocycles. The van der Waals surface area contributed by atoms with Gasteiger partial charge in [0.25, 0.3) is 0 Å². The third-order valence-electron chi connectivity index (χ3n) is 3.20. The molecule has 0 saturated carbocycles. The average Bonchev–Trinajstić information content (AvgIpc) is 2.51. The SMILES string of the molecule is CC(C)(C)OC(=O)NC(c1ccccc1)c1ccc(P(=O)(O)O)nc1. The maximum Gasteiger partial charge on any atom is 0.408 e. The Labute approximate surface area is 146 Å². The summed E-state index contributed by atoms with van der Waals surface area (Å²) in [7, 11) is -4.42. The lowest BCUT2D eigenvalue weighted by atomic mass is 10.0. The minimum absolute atomic E-state index is 0.319. The van der Waals surface area contributed by atoms with E-state index in [-0.39, 0.29) is 5.44 Å². The van der Waals surface area contributed by atoms with Gasteiger partial charge in [0.2, 0.25) is 0 Å². The molecule has 25 heavy (non-hydrogen) atoms. The monoisotopic (exact) mass is 364 g/mol. The van der Waals surface area contributed by atoms with Crippen molar-refractivity contribution < 1.29 is 23.9 Å². The van der Waals surface area contributed by atoms with Gasteiger partial charge in [-0.15, -0.1) is 0 Å². The minimum Gasteiger partial charge on any atom is -0.444 e. The highest BCUT2D eigenvalue weighted by Gasteiger charge is 2.24. The van der Waals surface area contributed by atoms with Crippen molar-refractivity contribution in [2.45, 2.75) is 32.4 Å². The van der Waals surface area contributed by atoms with Gasteiger partial charge in [-0.2, -0.15) is 0 Å². The number of carbonyl (C=O) groups is 1. The summed E-state index contributed by atoms with van der Waals surface area (Å²) in [6.45, 7) is 5.29. The van der Waals surface area contributed by atoms with Gasteiger partial charge in [0, 0.05) is 6.20 Å². The number of benzene rings is 1. The molecule has 0 aliphatic carbocycles. The van der Waals surface area contributed by atoms with Crippen LogP contribution >= 0.6 is 7.60 Å². The Morgan fingerprint density at radius 3 is 2.24 bits per heavy atom. The number of carbonyl (C=O) groups excluding carboxylic acids is 1. The van der Waals surface area contributed by atoms with E-state index < -0.39 is 25.3 Å². The van der Waals surface area contributed by atoms with Crippen LogP contribution in [0.1, 0.15) is 37.9 Å². The number of hydrogen-bond donors (Lipinski definition) is 3. The largest absolute Gasteiger partial charge is 0.444 e. The highest BCUT2D eigenvalue weighted by atomic mass is 31.2. The molecular formula is C17H21N2O5P. The predicted molar refractivity (Wildman–Crippen MR) is 93.6 cm³/mol. The lowest BCUT2D eigenvalue weighted by molar-refractivity contribution is 0.0512. The van der Waals surface area contributed by atoms with Gasteiger partial charge in [0.15, 0.2) is 5.44 Å². The summed E-state index contributed by atoms with van der Waals surface area (Å²) in [6, 6.07) is 11.4. The Morgan fingerprint density at radius 2 is 1.76 bits per heavy atom. The van der Waals surface area contributed by atoms with Crippen molar-refractivity contribution in [3.63, 3.8) is 0 Å². The first-order valence-electron chi connectivity index (χ1n) is 7.63. The van der Waals surface area contributed by atoms with Gasteiger partial charge in [0.05, 0.1) is 6.04 Å². The Hall–Kier alpha value is -2.21. The molecular weight excluding hydrogens is 343 g/mol. The summed E-state index contributed by atoms with van der Waals surface area (Å²) in [5, 5.41) is 2.77. The van der Waals surface area contributed by atoms with Gasteiger partial charge >= 0.3 is 13.7 Å². The number of hydrogen-bond acceptors (Lipinski definition) is 4. The Balaban J connectivity index is 2.32. The average molecular weight is 364 g/mol. The highest BCUT2D eigenvalue weighted by molar-refractivity contribution is 7.60. The van der Waals surface area contributed by atoms with E-state index in [0.29, 0.717) is 5.56 Å². The molecule has 3 N–H and O–H groups in total. The number of alkyl carbamates (subject to hydrolysis) is 1. The van der Waals surface area contributed by atoms with Crippen LogP contribution in [0.15, 0.2) is 48.7 Å². The maximum absolute atomic E-state index is 12.2. The number of rotatable bonds is 4. The molecule has 0 radical (unpaired) electrons. The molecule has 1 aromatic heterocycles. The van der Waals surface area contributed by atoms with E-state index in [0.717, 1.165) is 5.56 Å². The zero-order valence-electron chi connectivity index (χ0n) is 14.2. The number of pyridine rings is 1. The second-order valence-corrected chi connectivity index (χ2v) is 8.03. The number of aromatic nitrogens is 1. The van der Waals surface area contributed by atoms with Crippen LogP contribution in [0.4, 0.5) is 4.79 Å². The summed E-state index contributed by atoms with van der Waals surface area (Å²) >= 11 is 0. The van der Waals surface area contributed by atoms with Crippen molar-refractivity contribution in [2.24, 2.45) is 0 Å². The molecule has 8 heteroatoms. The van der Waals surface area contributed by atoms with Gasteiger partial charge in [-0.25, -0.2) is 9.78 Å². The Kier molecular flexibility index (Phi) is 5.62. The van der Waals surface area contributed by atoms with E-state index in [1.54, 1.807) is 20.8 Å². The fourth-order valence-electron chi connectivity index (χ4n) is 2.17. The predicted octanol–water partition coefficient (Wildman–Crippen LogP) is 2.50. The summed E-state index contributed by atoms with van der Waals surface area (Å²) in [5.74, 6) is 0. The zero-order valence-corrected chi connectivity index (χ0v) is 15.1. The van der Waals surface area contributed by atoms with Gasteiger partial charge in [0.1, 0.15) is 5.60 Å². The third-order valence-corrected chi connectivity index (χ3v) is 4.06. The molecule has 134 valence electrons. The topological polar surface area (TPSA) is 109 Å². The smallest absolute Gasteiger partial charge is 0.408 e. The normalized spacial score (nSPS) is 13.2. The standard InChI is InChI=1S/C17H21N2O5P/c1-17(2,3)24-16(20)19-15(12-7-5-4-6-8-12)13-9-10-14(18-11-13)25(21,22)23/h4-11,15H,1-3H3,(H,19,20)(H2,21,22,23). The van der Waals surface area contributed by atoms with E-state index in [9.17, 15) is 9.36 Å². The van der Waals surface area contributed by atoms with Crippen molar-refractivity contribution in [3.05, 3.63) is 59.8 Å². The van der Waals surface area contributed by atoms with Gasteiger partial charge in [-0.3, -0.25) is 4.57 Å². The van der Waals surface area contributed by atoms with E-state index in [1.165, 1.54) is 18.3 Å². The number of amides is 1. The van der Waals surface area contributed by atoms with Crippen LogP contribution in [0, 0.1) is 0 Å². The van der Waals surface area contributed by atoms with Crippen LogP contribution in [-0.4, -0.2) is 26.5 Å². The maximum atomic E-state index is 12.2. The van der Waals surface area contributed by atoms with Crippen molar-refractivity contribution >= 4 is 19.1 Å². The van der Waals surface area contributed by atoms with Crippen LogP contribution in [0.5, 0.6) is 0 Å². The van der Waals surface area contributed by atoms with Crippen molar-refractivity contribution in [1.29, 1.82) is 0 Å². The molecule has 0 aliphatic heterocycles. The van der Waals surface area contributed by atoms with Gasteiger partial charge in [-0.1, -0.05) is 36.4 Å². The zero-order chi connectivity index (χ0) is 18.7. The van der Waals surface area contributed by atoms with Crippen LogP contribution in [-0.2, 0) is 9.30 Å². The molecule has 2 aromatic rings. The first kappa shape index (κ1) is 19.1. The first-order valence-corrected chi connectivity index (χ1v) is 9.24. The second-order valence-electron chi connectivity index (χ2n) is 6.48. The molecule has 2 rings (SSSR count). The Morgan fingerprint density at radius 1 is 1.12 bits per heavy atom. The number of nitrogens with one attached hydrogen (secondary N) is 1. The van der Waals surface area contributed by atoms with Crippen LogP contribution in [0.3, 0.4) is 0 Å². The molecule has 0 spiro atoms. The van der Waals surface area contributed by atoms with Gasteiger partial charge in [-0.05, 0) is 38.0 Å². The van der Waals surface area contributed by atoms with Crippen LogP contribution in [0.2, 0.25) is 0 Å². The van der Waals surface area contributed by atoms with Crippen molar-refractivity contribution in [1.82, 2.24) is 10.3 Å². The first-order chi connectivity index (χ1) is 11.6. The summed E-state index contributed by atoms with van der Waals surface area (Å²) in [6.07, 6.45) is 0.740. The molecule has 0 fully saturated rings. The summed E-state index contributed by atoms with van der Waals surface area (Å²) < 4.78 is 16.6. The molecule has 1 atom stereocenters. The van der Waals surface area contributed by atoms with E-state index in [4.69, 9.17) is 14.5 Å². The molecule has 1 heterocycles. The minimum atomic E-state index is -4.42. The fraction of sp³-hybridized carbons (Fsp3) is 0.294. The molecule has 1 unspecified atom stereocenters. The number of ether oxygens (including phenoxy) is 1. The van der Waals surface area contributed by atoms with E-state index in [2.05, 4.69) is 10.3 Å². The fourth-order valence-corrected chi connectivity index (χ4v) is 2.65. The van der Waals surface area contributed by atoms with Crippen LogP contribution in [0.25, 0.3) is 0 Å². The lowest BCUT2D eigenvalue weighted by Crippen LogP contribution is -2.35. The third kappa shape index (κ3) is 5.67. The molecule has 0 saturated heterocycles. The Bertz CT molecular complexity index is 766. The highest BCUT2D eigenvalue weighted by Crippen LogP contribution is 2.32. The lowest BCUT2D eigenvalue weighted by Gasteiger charge is -2.24. The molecule has 1 amide bonds. The van der Waals surface area contributed by atoms with Crippen molar-refractivity contribution in [3.8, 4) is 0 Å². The number of nitrogens with zero attached hydrogens (tertiary/aromatic N) is 1.